The van der Waals surface area contributed by atoms with Crippen molar-refractivity contribution in [2.45, 2.75) is 20.3 Å². The number of benzene rings is 1. The molecule has 0 saturated carbocycles. The summed E-state index contributed by atoms with van der Waals surface area (Å²) >= 11 is 3.45. The fourth-order valence-electron chi connectivity index (χ4n) is 1.31. The van der Waals surface area contributed by atoms with Gasteiger partial charge in [-0.15, -0.1) is 6.42 Å². The quantitative estimate of drug-likeness (QED) is 0.689. The summed E-state index contributed by atoms with van der Waals surface area (Å²) in [7, 11) is 0. The van der Waals surface area contributed by atoms with E-state index in [1.165, 1.54) is 5.56 Å². The van der Waals surface area contributed by atoms with E-state index in [4.69, 9.17) is 6.42 Å². The molecule has 0 nitrogen and oxygen atoms in total. The summed E-state index contributed by atoms with van der Waals surface area (Å²) < 4.78 is 1.10. The molecule has 0 heterocycles. The molecule has 68 valence electrons. The number of hydrogen-bond donors (Lipinski definition) is 0. The molecule has 0 aliphatic heterocycles. The van der Waals surface area contributed by atoms with Crippen molar-refractivity contribution in [3.8, 4) is 12.3 Å². The van der Waals surface area contributed by atoms with Crippen LogP contribution in [-0.2, 0) is 6.42 Å². The van der Waals surface area contributed by atoms with Crippen LogP contribution in [0.5, 0.6) is 0 Å². The van der Waals surface area contributed by atoms with Crippen molar-refractivity contribution in [3.63, 3.8) is 0 Å². The minimum atomic E-state index is 0.640. The van der Waals surface area contributed by atoms with Gasteiger partial charge in [0.1, 0.15) is 0 Å². The lowest BCUT2D eigenvalue weighted by Crippen LogP contribution is -1.97. The number of halogens is 1. The van der Waals surface area contributed by atoms with Gasteiger partial charge in [-0.3, -0.25) is 0 Å². The summed E-state index contributed by atoms with van der Waals surface area (Å²) in [6.45, 7) is 4.39. The fraction of sp³-hybridized carbons (Fsp3) is 0.333. The summed E-state index contributed by atoms with van der Waals surface area (Å²) in [6, 6.07) is 6.08. The molecule has 0 N–H and O–H groups in total. The molecule has 0 spiro atoms. The predicted octanol–water partition coefficient (Wildman–Crippen LogP) is 3.63. The van der Waals surface area contributed by atoms with E-state index in [9.17, 15) is 0 Å². The molecular formula is C12H13Br. The van der Waals surface area contributed by atoms with Gasteiger partial charge in [0.05, 0.1) is 0 Å². The topological polar surface area (TPSA) is 0 Å². The van der Waals surface area contributed by atoms with Gasteiger partial charge in [0, 0.05) is 10.0 Å². The smallest absolute Gasteiger partial charge is 0.0275 e. The first-order chi connectivity index (χ1) is 6.13. The van der Waals surface area contributed by atoms with Crippen LogP contribution < -0.4 is 0 Å². The van der Waals surface area contributed by atoms with Crippen LogP contribution in [0.15, 0.2) is 22.7 Å². The Morgan fingerprint density at radius 1 is 1.46 bits per heavy atom. The van der Waals surface area contributed by atoms with Crippen LogP contribution in [0.25, 0.3) is 0 Å². The average molecular weight is 237 g/mol. The molecule has 1 heteroatoms. The fourth-order valence-corrected chi connectivity index (χ4v) is 1.72. The second kappa shape index (κ2) is 4.48. The molecule has 0 bridgehead atoms. The summed E-state index contributed by atoms with van der Waals surface area (Å²) in [5.41, 5.74) is 2.27. The van der Waals surface area contributed by atoms with Gasteiger partial charge < -0.3 is 0 Å². The van der Waals surface area contributed by atoms with Gasteiger partial charge in [-0.2, -0.15) is 0 Å². The summed E-state index contributed by atoms with van der Waals surface area (Å²) in [4.78, 5) is 0. The molecule has 1 rings (SSSR count). The van der Waals surface area contributed by atoms with Gasteiger partial charge in [0.2, 0.25) is 0 Å². The Balaban J connectivity index is 3.03. The van der Waals surface area contributed by atoms with Crippen molar-refractivity contribution in [2.75, 3.05) is 0 Å². The molecule has 0 radical (unpaired) electrons. The van der Waals surface area contributed by atoms with Gasteiger partial charge in [0.15, 0.2) is 0 Å². The normalized spacial score (nSPS) is 10.1. The zero-order chi connectivity index (χ0) is 9.84. The Morgan fingerprint density at radius 3 is 2.69 bits per heavy atom. The third-order valence-electron chi connectivity index (χ3n) is 1.85. The predicted molar refractivity (Wildman–Crippen MR) is 60.6 cm³/mol. The molecule has 0 aliphatic rings. The maximum atomic E-state index is 5.41. The van der Waals surface area contributed by atoms with Crippen LogP contribution >= 0.6 is 15.9 Å². The largest absolute Gasteiger partial charge is 0.115 e. The van der Waals surface area contributed by atoms with Gasteiger partial charge in [-0.25, -0.2) is 0 Å². The second-order valence-electron chi connectivity index (χ2n) is 3.54. The van der Waals surface area contributed by atoms with Gasteiger partial charge in [0.25, 0.3) is 0 Å². The van der Waals surface area contributed by atoms with Crippen molar-refractivity contribution in [1.29, 1.82) is 0 Å². The monoisotopic (exact) mass is 236 g/mol. The Morgan fingerprint density at radius 2 is 2.15 bits per heavy atom. The highest BCUT2D eigenvalue weighted by Crippen LogP contribution is 2.18. The number of terminal acetylenes is 1. The molecule has 0 atom stereocenters. The van der Waals surface area contributed by atoms with Crippen LogP contribution in [0, 0.1) is 18.3 Å². The zero-order valence-electron chi connectivity index (χ0n) is 7.97. The molecule has 0 amide bonds. The van der Waals surface area contributed by atoms with E-state index in [-0.39, 0.29) is 0 Å². The van der Waals surface area contributed by atoms with E-state index in [2.05, 4.69) is 41.8 Å². The third kappa shape index (κ3) is 2.90. The van der Waals surface area contributed by atoms with E-state index in [0.29, 0.717) is 5.92 Å². The Kier molecular flexibility index (Phi) is 3.57. The van der Waals surface area contributed by atoms with Crippen LogP contribution in [0.3, 0.4) is 0 Å². The average Bonchev–Trinajstić information content (AvgIpc) is 2.03. The van der Waals surface area contributed by atoms with Crippen LogP contribution in [0.1, 0.15) is 25.0 Å². The Bertz CT molecular complexity index is 331. The minimum Gasteiger partial charge on any atom is -0.115 e. The van der Waals surface area contributed by atoms with Crippen molar-refractivity contribution in [3.05, 3.63) is 33.8 Å². The van der Waals surface area contributed by atoms with E-state index >= 15 is 0 Å². The maximum absolute atomic E-state index is 5.41. The summed E-state index contributed by atoms with van der Waals surface area (Å²) in [5.74, 6) is 3.35. The minimum absolute atomic E-state index is 0.640. The molecular weight excluding hydrogens is 224 g/mol. The first kappa shape index (κ1) is 10.3. The van der Waals surface area contributed by atoms with Gasteiger partial charge in [-0.05, 0) is 36.1 Å². The molecule has 1 aromatic carbocycles. The van der Waals surface area contributed by atoms with Crippen molar-refractivity contribution >= 4 is 15.9 Å². The maximum Gasteiger partial charge on any atom is 0.0275 e. The highest BCUT2D eigenvalue weighted by molar-refractivity contribution is 9.10. The van der Waals surface area contributed by atoms with Crippen molar-refractivity contribution in [1.82, 2.24) is 0 Å². The lowest BCUT2D eigenvalue weighted by atomic mass is 9.98. The number of rotatable bonds is 2. The van der Waals surface area contributed by atoms with Crippen molar-refractivity contribution < 1.29 is 0 Å². The molecule has 13 heavy (non-hydrogen) atoms. The van der Waals surface area contributed by atoms with Gasteiger partial charge >= 0.3 is 0 Å². The molecule has 0 fully saturated rings. The first-order valence-electron chi connectivity index (χ1n) is 4.38. The first-order valence-corrected chi connectivity index (χ1v) is 5.18. The lowest BCUT2D eigenvalue weighted by Gasteiger charge is -2.07. The van der Waals surface area contributed by atoms with Crippen LogP contribution in [0.2, 0.25) is 0 Å². The van der Waals surface area contributed by atoms with Crippen LogP contribution in [-0.4, -0.2) is 0 Å². The molecule has 1 aromatic rings. The highest BCUT2D eigenvalue weighted by atomic mass is 79.9. The number of hydrogen-bond acceptors (Lipinski definition) is 0. The Hall–Kier alpha value is -0.740. The van der Waals surface area contributed by atoms with Crippen LogP contribution in [0.4, 0.5) is 0 Å². The molecule has 0 saturated heterocycles. The molecule has 0 aromatic heterocycles. The van der Waals surface area contributed by atoms with E-state index in [1.807, 2.05) is 12.1 Å². The van der Waals surface area contributed by atoms with E-state index in [1.54, 1.807) is 0 Å². The lowest BCUT2D eigenvalue weighted by molar-refractivity contribution is 0.646. The molecule has 0 unspecified atom stereocenters. The Labute approximate surface area is 88.5 Å². The molecule has 0 aliphatic carbocycles. The zero-order valence-corrected chi connectivity index (χ0v) is 9.56. The van der Waals surface area contributed by atoms with Gasteiger partial charge in [-0.1, -0.05) is 35.7 Å². The van der Waals surface area contributed by atoms with E-state index < -0.39 is 0 Å². The SMILES string of the molecule is C#Cc1ccc(Br)cc1CC(C)C. The third-order valence-corrected chi connectivity index (χ3v) is 2.34. The summed E-state index contributed by atoms with van der Waals surface area (Å²) in [6.07, 6.45) is 6.45. The van der Waals surface area contributed by atoms with Crippen molar-refractivity contribution in [2.24, 2.45) is 5.92 Å². The second-order valence-corrected chi connectivity index (χ2v) is 4.46. The van der Waals surface area contributed by atoms with E-state index in [0.717, 1.165) is 16.5 Å². The highest BCUT2D eigenvalue weighted by Gasteiger charge is 2.03. The standard InChI is InChI=1S/C12H13Br/c1-4-10-5-6-12(13)8-11(10)7-9(2)3/h1,5-6,8-9H,7H2,2-3H3. The summed E-state index contributed by atoms with van der Waals surface area (Å²) in [5, 5.41) is 0.